The molecule has 0 heterocycles. The van der Waals surface area contributed by atoms with Crippen molar-refractivity contribution < 1.29 is 13.2 Å². The lowest BCUT2D eigenvalue weighted by molar-refractivity contribution is 0.0946. The normalized spacial score (nSPS) is 12.2. The van der Waals surface area contributed by atoms with Gasteiger partial charge < -0.3 is 5.32 Å². The number of sulfonamides is 1. The van der Waals surface area contributed by atoms with Crippen molar-refractivity contribution in [3.8, 4) is 0 Å². The predicted octanol–water partition coefficient (Wildman–Crippen LogP) is 6.03. The maximum atomic E-state index is 13.4. The molecule has 0 spiro atoms. The van der Waals surface area contributed by atoms with E-state index in [1.165, 1.54) is 10.7 Å². The topological polar surface area (TPSA) is 66.5 Å². The zero-order chi connectivity index (χ0) is 24.4. The summed E-state index contributed by atoms with van der Waals surface area (Å²) in [5.41, 5.74) is 1.96. The van der Waals surface area contributed by atoms with Crippen molar-refractivity contribution in [1.82, 2.24) is 5.32 Å². The molecule has 3 rings (SSSR count). The average molecular weight is 479 g/mol. The lowest BCUT2D eigenvalue weighted by Gasteiger charge is -2.25. The van der Waals surface area contributed by atoms with Crippen LogP contribution in [-0.4, -0.2) is 20.9 Å². The molecule has 0 fully saturated rings. The van der Waals surface area contributed by atoms with E-state index in [1.807, 2.05) is 30.3 Å². The first kappa shape index (κ1) is 25.5. The highest BCUT2D eigenvalue weighted by molar-refractivity contribution is 7.92. The van der Waals surface area contributed by atoms with Crippen LogP contribution in [0, 0.1) is 5.92 Å². The number of amides is 1. The summed E-state index contributed by atoms with van der Waals surface area (Å²) in [4.78, 5) is 12.9. The molecule has 0 unspecified atom stereocenters. The maximum Gasteiger partial charge on any atom is 0.264 e. The second-order valence-corrected chi connectivity index (χ2v) is 10.3. The fourth-order valence-corrected chi connectivity index (χ4v) is 5.31. The van der Waals surface area contributed by atoms with Gasteiger partial charge in [0.1, 0.15) is 0 Å². The predicted molar refractivity (Wildman–Crippen MR) is 138 cm³/mol. The minimum Gasteiger partial charge on any atom is -0.352 e. The number of benzene rings is 3. The number of nitrogens with one attached hydrogen (secondary N) is 1. The molecule has 0 aliphatic heterocycles. The first-order valence-corrected chi connectivity index (χ1v) is 13.4. The molecule has 1 atom stereocenters. The lowest BCUT2D eigenvalue weighted by Crippen LogP contribution is -2.31. The molecular formula is C28H34N2O3S. The van der Waals surface area contributed by atoms with Gasteiger partial charge >= 0.3 is 0 Å². The standard InChI is InChI=1S/C28H34N2O3S/c1-3-5-12-23(4-2)21-29-28(31)25-19-17-24(18-20-25)22-30(26-13-8-6-9-14-26)34(32,33)27-15-10-7-11-16-27/h6-11,13-20,23H,3-5,12,21-22H2,1-2H3,(H,29,31)/t23-/m1/s1. The highest BCUT2D eigenvalue weighted by Gasteiger charge is 2.25. The molecule has 0 aliphatic carbocycles. The number of hydrogen-bond donors (Lipinski definition) is 1. The van der Waals surface area contributed by atoms with E-state index in [0.717, 1.165) is 24.8 Å². The molecule has 180 valence electrons. The third-order valence-electron chi connectivity index (χ3n) is 6.01. The third kappa shape index (κ3) is 6.70. The molecule has 0 aliphatic rings. The van der Waals surface area contributed by atoms with Crippen LogP contribution in [-0.2, 0) is 16.6 Å². The van der Waals surface area contributed by atoms with Gasteiger partial charge in [-0.15, -0.1) is 0 Å². The quantitative estimate of drug-likeness (QED) is 0.346. The summed E-state index contributed by atoms with van der Waals surface area (Å²) >= 11 is 0. The van der Waals surface area contributed by atoms with E-state index >= 15 is 0 Å². The van der Waals surface area contributed by atoms with Crippen molar-refractivity contribution in [3.05, 3.63) is 96.1 Å². The van der Waals surface area contributed by atoms with E-state index < -0.39 is 10.0 Å². The summed E-state index contributed by atoms with van der Waals surface area (Å²) in [5.74, 6) is 0.393. The summed E-state index contributed by atoms with van der Waals surface area (Å²) in [7, 11) is -3.75. The Bertz CT molecular complexity index is 1130. The number of carbonyl (C=O) groups is 1. The summed E-state index contributed by atoms with van der Waals surface area (Å²) in [5, 5.41) is 3.05. The summed E-state index contributed by atoms with van der Waals surface area (Å²) in [6, 6.07) is 24.6. The van der Waals surface area contributed by atoms with Crippen LogP contribution < -0.4 is 9.62 Å². The van der Waals surface area contributed by atoms with E-state index in [0.29, 0.717) is 23.7 Å². The molecule has 1 N–H and O–H groups in total. The monoisotopic (exact) mass is 478 g/mol. The van der Waals surface area contributed by atoms with Crippen molar-refractivity contribution >= 4 is 21.6 Å². The molecule has 6 heteroatoms. The Balaban J connectivity index is 1.75. The number of anilines is 1. The number of hydrogen-bond acceptors (Lipinski definition) is 3. The molecule has 0 bridgehead atoms. The van der Waals surface area contributed by atoms with Crippen LogP contribution in [0.25, 0.3) is 0 Å². The van der Waals surface area contributed by atoms with Crippen LogP contribution in [0.4, 0.5) is 5.69 Å². The molecule has 3 aromatic rings. The summed E-state index contributed by atoms with van der Waals surface area (Å²) in [6.07, 6.45) is 4.50. The molecule has 0 aromatic heterocycles. The fraction of sp³-hybridized carbons (Fsp3) is 0.321. The summed E-state index contributed by atoms with van der Waals surface area (Å²) < 4.78 is 28.3. The van der Waals surface area contributed by atoms with Crippen molar-refractivity contribution in [2.75, 3.05) is 10.8 Å². The van der Waals surface area contributed by atoms with Crippen molar-refractivity contribution in [1.29, 1.82) is 0 Å². The number of para-hydroxylation sites is 1. The second-order valence-electron chi connectivity index (χ2n) is 8.48. The van der Waals surface area contributed by atoms with Crippen LogP contribution in [0.15, 0.2) is 89.8 Å². The van der Waals surface area contributed by atoms with E-state index in [1.54, 1.807) is 54.6 Å². The van der Waals surface area contributed by atoms with Crippen LogP contribution in [0.5, 0.6) is 0 Å². The number of rotatable bonds is 12. The van der Waals surface area contributed by atoms with E-state index in [9.17, 15) is 13.2 Å². The Hall–Kier alpha value is -3.12. The van der Waals surface area contributed by atoms with E-state index in [2.05, 4.69) is 19.2 Å². The smallest absolute Gasteiger partial charge is 0.264 e. The first-order chi connectivity index (χ1) is 16.5. The van der Waals surface area contributed by atoms with Crippen molar-refractivity contribution in [2.45, 2.75) is 51.0 Å². The van der Waals surface area contributed by atoms with Gasteiger partial charge in [-0.3, -0.25) is 9.10 Å². The van der Waals surface area contributed by atoms with Crippen LogP contribution >= 0.6 is 0 Å². The number of carbonyl (C=O) groups excluding carboxylic acids is 1. The lowest BCUT2D eigenvalue weighted by atomic mass is 9.99. The molecule has 3 aromatic carbocycles. The Kier molecular flexibility index (Phi) is 9.28. The van der Waals surface area contributed by atoms with Gasteiger partial charge in [-0.25, -0.2) is 8.42 Å². The number of nitrogens with zero attached hydrogens (tertiary/aromatic N) is 1. The Labute approximate surface area is 203 Å². The highest BCUT2D eigenvalue weighted by Crippen LogP contribution is 2.26. The molecular weight excluding hydrogens is 444 g/mol. The van der Waals surface area contributed by atoms with Gasteiger partial charge in [-0.2, -0.15) is 0 Å². The van der Waals surface area contributed by atoms with Crippen LogP contribution in [0.2, 0.25) is 0 Å². The maximum absolute atomic E-state index is 13.4. The second kappa shape index (κ2) is 12.4. The van der Waals surface area contributed by atoms with Crippen molar-refractivity contribution in [3.63, 3.8) is 0 Å². The average Bonchev–Trinajstić information content (AvgIpc) is 2.88. The Morgan fingerprint density at radius 3 is 2.09 bits per heavy atom. The highest BCUT2D eigenvalue weighted by atomic mass is 32.2. The Morgan fingerprint density at radius 2 is 1.50 bits per heavy atom. The van der Waals surface area contributed by atoms with Gasteiger partial charge in [0, 0.05) is 12.1 Å². The zero-order valence-electron chi connectivity index (χ0n) is 20.0. The van der Waals surface area contributed by atoms with E-state index in [-0.39, 0.29) is 17.3 Å². The molecule has 0 saturated heterocycles. The minimum absolute atomic E-state index is 0.0988. The molecule has 0 saturated carbocycles. The molecule has 1 amide bonds. The van der Waals surface area contributed by atoms with Crippen LogP contribution in [0.3, 0.4) is 0 Å². The number of unbranched alkanes of at least 4 members (excludes halogenated alkanes) is 1. The SMILES string of the molecule is CCCC[C@@H](CC)CNC(=O)c1ccc(CN(c2ccccc2)S(=O)(=O)c2ccccc2)cc1. The Morgan fingerprint density at radius 1 is 0.882 bits per heavy atom. The molecule has 0 radical (unpaired) electrons. The van der Waals surface area contributed by atoms with Crippen molar-refractivity contribution in [2.24, 2.45) is 5.92 Å². The van der Waals surface area contributed by atoms with E-state index in [4.69, 9.17) is 0 Å². The van der Waals surface area contributed by atoms with Gasteiger partial charge in [0.2, 0.25) is 0 Å². The molecule has 34 heavy (non-hydrogen) atoms. The largest absolute Gasteiger partial charge is 0.352 e. The van der Waals surface area contributed by atoms with Gasteiger partial charge in [-0.05, 0) is 54.3 Å². The fourth-order valence-electron chi connectivity index (χ4n) is 3.84. The van der Waals surface area contributed by atoms with Gasteiger partial charge in [0.25, 0.3) is 15.9 Å². The molecule has 5 nitrogen and oxygen atoms in total. The van der Waals surface area contributed by atoms with Gasteiger partial charge in [0.05, 0.1) is 17.1 Å². The van der Waals surface area contributed by atoms with Gasteiger partial charge in [0.15, 0.2) is 0 Å². The minimum atomic E-state index is -3.75. The van der Waals surface area contributed by atoms with Gasteiger partial charge in [-0.1, -0.05) is 81.6 Å². The first-order valence-electron chi connectivity index (χ1n) is 12.0. The van der Waals surface area contributed by atoms with Crippen LogP contribution in [0.1, 0.15) is 55.5 Å². The summed E-state index contributed by atoms with van der Waals surface area (Å²) in [6.45, 7) is 5.17. The zero-order valence-corrected chi connectivity index (χ0v) is 20.8. The third-order valence-corrected chi connectivity index (χ3v) is 7.80.